The summed E-state index contributed by atoms with van der Waals surface area (Å²) in [7, 11) is -4.37. The predicted molar refractivity (Wildman–Crippen MR) is 222 cm³/mol. The molecule has 16 nitrogen and oxygen atoms in total. The number of benzene rings is 3. The van der Waals surface area contributed by atoms with Crippen molar-refractivity contribution in [1.82, 2.24) is 29.4 Å². The third kappa shape index (κ3) is 7.89. The third-order valence-electron chi connectivity index (χ3n) is 11.8. The van der Waals surface area contributed by atoms with Crippen molar-refractivity contribution in [3.8, 4) is 16.9 Å². The van der Waals surface area contributed by atoms with Gasteiger partial charge in [-0.2, -0.15) is 12.7 Å². The fourth-order valence-corrected chi connectivity index (χ4v) is 9.68. The number of carbonyl (C=O) groups excluding carboxylic acids is 5. The number of hydrogen-bond donors (Lipinski definition) is 3. The molecule has 0 spiro atoms. The van der Waals surface area contributed by atoms with Crippen LogP contribution in [0.1, 0.15) is 55.9 Å². The van der Waals surface area contributed by atoms with Crippen molar-refractivity contribution in [2.24, 2.45) is 0 Å². The van der Waals surface area contributed by atoms with E-state index in [4.69, 9.17) is 4.74 Å². The Labute approximate surface area is 358 Å². The van der Waals surface area contributed by atoms with E-state index in [1.807, 2.05) is 29.0 Å². The lowest BCUT2D eigenvalue weighted by atomic mass is 9.99. The number of hydrogen-bond acceptors (Lipinski definition) is 11. The highest BCUT2D eigenvalue weighted by atomic mass is 32.2. The molecular formula is C43H39F3N8O8S. The average Bonchev–Trinajstić information content (AvgIpc) is 3.98. The Morgan fingerprint density at radius 2 is 1.70 bits per heavy atom. The quantitative estimate of drug-likeness (QED) is 0.121. The number of halogens is 3. The first kappa shape index (κ1) is 41.7. The van der Waals surface area contributed by atoms with E-state index in [1.165, 1.54) is 12.3 Å². The Balaban J connectivity index is 0.818. The number of amides is 4. The molecule has 0 bridgehead atoms. The fourth-order valence-electron chi connectivity index (χ4n) is 8.42. The summed E-state index contributed by atoms with van der Waals surface area (Å²) in [6.45, 7) is 3.15. The highest BCUT2D eigenvalue weighted by molar-refractivity contribution is 7.90. The number of aromatic nitrogens is 2. The topological polar surface area (TPSA) is 194 Å². The van der Waals surface area contributed by atoms with Gasteiger partial charge in [-0.1, -0.05) is 18.2 Å². The lowest BCUT2D eigenvalue weighted by Gasteiger charge is -2.36. The van der Waals surface area contributed by atoms with Crippen molar-refractivity contribution in [1.29, 1.82) is 0 Å². The highest BCUT2D eigenvalue weighted by Gasteiger charge is 2.46. The number of fused-ring (bicyclic) bond motifs is 2. The number of ketones is 1. The molecule has 9 rings (SSSR count). The molecule has 4 amide bonds. The Morgan fingerprint density at radius 1 is 0.921 bits per heavy atom. The number of carbonyl (C=O) groups is 5. The van der Waals surface area contributed by atoms with Gasteiger partial charge in [-0.25, -0.2) is 18.2 Å². The summed E-state index contributed by atoms with van der Waals surface area (Å²) in [6, 6.07) is 14.7. The Bertz CT molecular complexity index is 2810. The molecule has 1 unspecified atom stereocenters. The SMILES string of the molecule is O=C1CCC(N2C(=O)c3cccc(OCCN4CCN(c5ccc(-c6cnc7[nH]cc(C(=O)c8c(F)ccc(NS(=O)(=O)N9CC[C@@H](F)C9)c8F)c7c6)cc5)CC4)c3C2=O)C(=O)N1. The van der Waals surface area contributed by atoms with Crippen molar-refractivity contribution in [3.63, 3.8) is 0 Å². The zero-order valence-corrected chi connectivity index (χ0v) is 34.2. The van der Waals surface area contributed by atoms with E-state index in [-0.39, 0.29) is 54.9 Å². The van der Waals surface area contributed by atoms with Crippen LogP contribution in [0.4, 0.5) is 24.5 Å². The minimum absolute atomic E-state index is 0.0105. The second-order valence-electron chi connectivity index (χ2n) is 15.6. The van der Waals surface area contributed by atoms with Gasteiger partial charge in [0.2, 0.25) is 17.6 Å². The van der Waals surface area contributed by atoms with E-state index >= 15 is 8.78 Å². The smallest absolute Gasteiger partial charge is 0.301 e. The summed E-state index contributed by atoms with van der Waals surface area (Å²) >= 11 is 0. The molecule has 3 saturated heterocycles. The molecule has 0 radical (unpaired) electrons. The van der Waals surface area contributed by atoms with Crippen LogP contribution in [0.15, 0.2) is 73.1 Å². The summed E-state index contributed by atoms with van der Waals surface area (Å²) in [6.07, 6.45) is 1.60. The molecular weight excluding hydrogens is 846 g/mol. The molecule has 20 heteroatoms. The second-order valence-corrected chi connectivity index (χ2v) is 17.3. The molecule has 3 fully saturated rings. The number of ether oxygens (including phenoxy) is 1. The van der Waals surface area contributed by atoms with Crippen molar-refractivity contribution in [3.05, 3.63) is 107 Å². The van der Waals surface area contributed by atoms with Gasteiger partial charge in [-0.15, -0.1) is 0 Å². The molecule has 0 aliphatic carbocycles. The molecule has 5 aromatic rings. The van der Waals surface area contributed by atoms with Gasteiger partial charge in [-0.3, -0.25) is 43.8 Å². The van der Waals surface area contributed by atoms with Gasteiger partial charge in [0.15, 0.2) is 5.82 Å². The van der Waals surface area contributed by atoms with E-state index in [2.05, 4.69) is 25.1 Å². The molecule has 326 valence electrons. The van der Waals surface area contributed by atoms with Crippen molar-refractivity contribution >= 4 is 62.0 Å². The lowest BCUT2D eigenvalue weighted by Crippen LogP contribution is -2.54. The summed E-state index contributed by atoms with van der Waals surface area (Å²) in [4.78, 5) is 77.0. The zero-order valence-electron chi connectivity index (χ0n) is 33.4. The summed E-state index contributed by atoms with van der Waals surface area (Å²) in [5.74, 6) is -5.73. The standard InChI is InChI=1S/C43H39F3N8O8S/c44-26-12-13-53(23-26)63(60,61)50-32-9-8-31(45)37(38(32)46)39(56)30-22-48-40-29(30)20-25(21-47-40)24-4-6-27(7-5-24)52-16-14-51(15-17-52)18-19-62-34-3-1-2-28-36(34)43(59)54(42(28)58)33-10-11-35(55)49-41(33)57/h1-9,20-22,26,33,50H,10-19,23H2,(H,47,48)(H,49,55,57)/t26-,33?/m1/s1. The Kier molecular flexibility index (Phi) is 11.0. The molecule has 0 saturated carbocycles. The van der Waals surface area contributed by atoms with Crippen LogP contribution in [0.25, 0.3) is 22.2 Å². The van der Waals surface area contributed by atoms with Gasteiger partial charge in [0.1, 0.15) is 36.0 Å². The predicted octanol–water partition coefficient (Wildman–Crippen LogP) is 4.04. The van der Waals surface area contributed by atoms with E-state index in [0.717, 1.165) is 45.7 Å². The van der Waals surface area contributed by atoms with Crippen molar-refractivity contribution in [2.45, 2.75) is 31.5 Å². The van der Waals surface area contributed by atoms with Gasteiger partial charge in [0.05, 0.1) is 22.4 Å². The summed E-state index contributed by atoms with van der Waals surface area (Å²) in [5.41, 5.74) is 1.23. The fraction of sp³-hybridized carbons (Fsp3) is 0.302. The first-order valence-electron chi connectivity index (χ1n) is 20.2. The molecule has 2 atom stereocenters. The van der Waals surface area contributed by atoms with Gasteiger partial charge < -0.3 is 14.6 Å². The van der Waals surface area contributed by atoms with Crippen LogP contribution in [-0.2, 0) is 19.8 Å². The van der Waals surface area contributed by atoms with E-state index < -0.39 is 81.3 Å². The monoisotopic (exact) mass is 884 g/mol. The van der Waals surface area contributed by atoms with Crippen LogP contribution in [0.3, 0.4) is 0 Å². The van der Waals surface area contributed by atoms with Crippen molar-refractivity contribution < 1.29 is 50.3 Å². The number of imide groups is 2. The molecule has 63 heavy (non-hydrogen) atoms. The Morgan fingerprint density at radius 3 is 2.43 bits per heavy atom. The minimum atomic E-state index is -4.37. The number of nitrogens with one attached hydrogen (secondary N) is 3. The van der Waals surface area contributed by atoms with Crippen LogP contribution < -0.4 is 19.7 Å². The maximum Gasteiger partial charge on any atom is 0.301 e. The summed E-state index contributed by atoms with van der Waals surface area (Å²) < 4.78 is 79.0. The average molecular weight is 885 g/mol. The number of pyridine rings is 1. The number of piperidine rings is 1. The number of rotatable bonds is 12. The maximum atomic E-state index is 15.7. The van der Waals surface area contributed by atoms with E-state index in [0.29, 0.717) is 36.2 Å². The normalized spacial score (nSPS) is 19.8. The molecule has 3 N–H and O–H groups in total. The molecule has 2 aromatic heterocycles. The van der Waals surface area contributed by atoms with E-state index in [9.17, 15) is 36.8 Å². The first-order chi connectivity index (χ1) is 30.3. The zero-order chi connectivity index (χ0) is 44.2. The number of H-pyrrole nitrogens is 1. The molecule has 4 aliphatic rings. The lowest BCUT2D eigenvalue weighted by molar-refractivity contribution is -0.136. The molecule has 3 aromatic carbocycles. The van der Waals surface area contributed by atoms with Gasteiger partial charge in [0, 0.05) is 86.8 Å². The van der Waals surface area contributed by atoms with Crippen LogP contribution in [0.5, 0.6) is 5.75 Å². The van der Waals surface area contributed by atoms with Crippen LogP contribution in [0.2, 0.25) is 0 Å². The summed E-state index contributed by atoms with van der Waals surface area (Å²) in [5, 5.41) is 2.49. The number of nitrogens with zero attached hydrogens (tertiary/aromatic N) is 5. The first-order valence-corrected chi connectivity index (χ1v) is 21.7. The van der Waals surface area contributed by atoms with Crippen LogP contribution >= 0.6 is 0 Å². The second kappa shape index (κ2) is 16.6. The minimum Gasteiger partial charge on any atom is -0.491 e. The highest BCUT2D eigenvalue weighted by Crippen LogP contribution is 2.35. The van der Waals surface area contributed by atoms with E-state index in [1.54, 1.807) is 24.4 Å². The van der Waals surface area contributed by atoms with Gasteiger partial charge >= 0.3 is 10.2 Å². The largest absolute Gasteiger partial charge is 0.491 e. The maximum absolute atomic E-state index is 15.7. The molecule has 6 heterocycles. The number of aromatic amines is 1. The Hall–Kier alpha value is -6.64. The number of piperazine rings is 1. The number of anilines is 2. The molecule has 4 aliphatic heterocycles. The van der Waals surface area contributed by atoms with Crippen molar-refractivity contribution in [2.75, 3.05) is 62.0 Å². The van der Waals surface area contributed by atoms with Crippen LogP contribution in [-0.4, -0.2) is 127 Å². The van der Waals surface area contributed by atoms with Crippen LogP contribution in [0, 0.1) is 11.6 Å². The van der Waals surface area contributed by atoms with Gasteiger partial charge in [0.25, 0.3) is 11.8 Å². The third-order valence-corrected chi connectivity index (χ3v) is 13.3. The number of alkyl halides is 1. The van der Waals surface area contributed by atoms with Gasteiger partial charge in [-0.05, 0) is 60.9 Å².